The molecular formula is C15H22N2O3. The van der Waals surface area contributed by atoms with Crippen molar-refractivity contribution in [3.63, 3.8) is 0 Å². The largest absolute Gasteiger partial charge is 0.478 e. The van der Waals surface area contributed by atoms with Gasteiger partial charge < -0.3 is 15.7 Å². The van der Waals surface area contributed by atoms with E-state index in [-0.39, 0.29) is 11.6 Å². The summed E-state index contributed by atoms with van der Waals surface area (Å²) in [4.78, 5) is 22.6. The van der Waals surface area contributed by atoms with Crippen LogP contribution in [-0.4, -0.2) is 23.7 Å². The number of aryl methyl sites for hydroxylation is 1. The molecule has 1 rings (SSSR count). The molecule has 1 aromatic carbocycles. The fraction of sp³-hybridized carbons (Fsp3) is 0.467. The molecule has 1 aromatic rings. The third-order valence-electron chi connectivity index (χ3n) is 3.04. The van der Waals surface area contributed by atoms with Crippen LogP contribution in [0.2, 0.25) is 0 Å². The van der Waals surface area contributed by atoms with Crippen molar-refractivity contribution in [2.75, 3.05) is 11.9 Å². The Morgan fingerprint density at radius 2 is 1.95 bits per heavy atom. The van der Waals surface area contributed by atoms with E-state index in [1.54, 1.807) is 19.1 Å². The molecule has 0 aliphatic carbocycles. The van der Waals surface area contributed by atoms with Crippen LogP contribution in [0.15, 0.2) is 18.2 Å². The van der Waals surface area contributed by atoms with Gasteiger partial charge in [-0.2, -0.15) is 0 Å². The summed E-state index contributed by atoms with van der Waals surface area (Å²) in [5.41, 5.74) is 1.35. The zero-order valence-electron chi connectivity index (χ0n) is 12.0. The predicted molar refractivity (Wildman–Crippen MR) is 79.3 cm³/mol. The van der Waals surface area contributed by atoms with Gasteiger partial charge in [-0.15, -0.1) is 0 Å². The summed E-state index contributed by atoms with van der Waals surface area (Å²) in [7, 11) is 0. The van der Waals surface area contributed by atoms with Crippen molar-refractivity contribution < 1.29 is 14.7 Å². The number of hydrogen-bond donors (Lipinski definition) is 3. The molecule has 0 saturated carbocycles. The highest BCUT2D eigenvalue weighted by Gasteiger charge is 2.09. The van der Waals surface area contributed by atoms with E-state index in [0.29, 0.717) is 17.8 Å². The van der Waals surface area contributed by atoms with Gasteiger partial charge in [0.1, 0.15) is 0 Å². The number of carbonyl (C=O) groups excluding carboxylic acids is 1. The second-order valence-electron chi connectivity index (χ2n) is 4.78. The Morgan fingerprint density at radius 3 is 2.60 bits per heavy atom. The molecule has 5 heteroatoms. The first kappa shape index (κ1) is 16.0. The Morgan fingerprint density at radius 1 is 1.20 bits per heavy atom. The number of aromatic carboxylic acids is 1. The molecule has 0 spiro atoms. The van der Waals surface area contributed by atoms with E-state index in [1.807, 2.05) is 0 Å². The van der Waals surface area contributed by atoms with Gasteiger partial charge in [0, 0.05) is 12.2 Å². The van der Waals surface area contributed by atoms with E-state index >= 15 is 0 Å². The van der Waals surface area contributed by atoms with E-state index < -0.39 is 5.97 Å². The summed E-state index contributed by atoms with van der Waals surface area (Å²) in [6, 6.07) is 4.54. The van der Waals surface area contributed by atoms with Gasteiger partial charge in [-0.25, -0.2) is 9.59 Å². The number of carboxylic acid groups (broad SMARTS) is 1. The van der Waals surface area contributed by atoms with Crippen LogP contribution in [0, 0.1) is 6.92 Å². The van der Waals surface area contributed by atoms with Crippen LogP contribution >= 0.6 is 0 Å². The molecule has 0 fully saturated rings. The second kappa shape index (κ2) is 8.19. The summed E-state index contributed by atoms with van der Waals surface area (Å²) >= 11 is 0. The molecule has 0 aromatic heterocycles. The monoisotopic (exact) mass is 278 g/mol. The van der Waals surface area contributed by atoms with Gasteiger partial charge in [0.05, 0.1) is 5.56 Å². The van der Waals surface area contributed by atoms with Gasteiger partial charge in [-0.05, 0) is 31.0 Å². The van der Waals surface area contributed by atoms with Gasteiger partial charge in [0.2, 0.25) is 0 Å². The molecule has 2 amide bonds. The number of carbonyl (C=O) groups is 2. The van der Waals surface area contributed by atoms with E-state index in [9.17, 15) is 9.59 Å². The molecule has 5 nitrogen and oxygen atoms in total. The number of hydrogen-bond acceptors (Lipinski definition) is 2. The summed E-state index contributed by atoms with van der Waals surface area (Å²) in [5, 5.41) is 14.4. The summed E-state index contributed by atoms with van der Waals surface area (Å²) < 4.78 is 0. The lowest BCUT2D eigenvalue weighted by atomic mass is 10.1. The van der Waals surface area contributed by atoms with Crippen molar-refractivity contribution in [1.82, 2.24) is 5.32 Å². The highest BCUT2D eigenvalue weighted by molar-refractivity contribution is 5.94. The lowest BCUT2D eigenvalue weighted by Crippen LogP contribution is -2.29. The van der Waals surface area contributed by atoms with Crippen LogP contribution < -0.4 is 10.6 Å². The maximum atomic E-state index is 11.6. The molecule has 0 heterocycles. The van der Waals surface area contributed by atoms with Gasteiger partial charge in [-0.3, -0.25) is 0 Å². The van der Waals surface area contributed by atoms with Crippen molar-refractivity contribution >= 4 is 17.7 Å². The van der Waals surface area contributed by atoms with Crippen LogP contribution in [0.25, 0.3) is 0 Å². The van der Waals surface area contributed by atoms with Crippen molar-refractivity contribution in [3.05, 3.63) is 29.3 Å². The maximum absolute atomic E-state index is 11.6. The molecule has 0 aliphatic heterocycles. The normalized spacial score (nSPS) is 10.1. The zero-order valence-corrected chi connectivity index (χ0v) is 12.0. The molecule has 0 unspecified atom stereocenters. The first-order chi connectivity index (χ1) is 9.54. The van der Waals surface area contributed by atoms with E-state index in [2.05, 4.69) is 17.6 Å². The highest BCUT2D eigenvalue weighted by atomic mass is 16.4. The summed E-state index contributed by atoms with van der Waals surface area (Å²) in [6.45, 7) is 4.49. The van der Waals surface area contributed by atoms with E-state index in [4.69, 9.17) is 5.11 Å². The lowest BCUT2D eigenvalue weighted by Gasteiger charge is -2.09. The van der Waals surface area contributed by atoms with Crippen molar-refractivity contribution in [2.24, 2.45) is 0 Å². The molecule has 110 valence electrons. The molecule has 0 saturated heterocycles. The number of carboxylic acids is 1. The minimum atomic E-state index is -0.994. The lowest BCUT2D eigenvalue weighted by molar-refractivity contribution is 0.0696. The maximum Gasteiger partial charge on any atom is 0.336 e. The van der Waals surface area contributed by atoms with Gasteiger partial charge >= 0.3 is 12.0 Å². The second-order valence-corrected chi connectivity index (χ2v) is 4.78. The van der Waals surface area contributed by atoms with Crippen LogP contribution in [0.4, 0.5) is 10.5 Å². The first-order valence-electron chi connectivity index (χ1n) is 6.93. The standard InChI is InChI=1S/C15H22N2O3/c1-3-4-5-6-9-16-15(20)17-12-8-7-11(2)13(10-12)14(18)19/h7-8,10H,3-6,9H2,1-2H3,(H,18,19)(H2,16,17,20). The number of nitrogens with one attached hydrogen (secondary N) is 2. The minimum absolute atomic E-state index is 0.200. The number of urea groups is 1. The summed E-state index contributed by atoms with van der Waals surface area (Å²) in [6.07, 6.45) is 4.39. The Labute approximate surface area is 119 Å². The molecule has 0 radical (unpaired) electrons. The molecule has 0 atom stereocenters. The number of benzene rings is 1. The van der Waals surface area contributed by atoms with Crippen molar-refractivity contribution in [1.29, 1.82) is 0 Å². The molecule has 0 bridgehead atoms. The Hall–Kier alpha value is -2.04. The average Bonchev–Trinajstić information content (AvgIpc) is 2.40. The van der Waals surface area contributed by atoms with Crippen molar-refractivity contribution in [2.45, 2.75) is 39.5 Å². The highest BCUT2D eigenvalue weighted by Crippen LogP contribution is 2.15. The van der Waals surface area contributed by atoms with Crippen LogP contribution in [0.3, 0.4) is 0 Å². The SMILES string of the molecule is CCCCCCNC(=O)Nc1ccc(C)c(C(=O)O)c1. The quantitative estimate of drug-likeness (QED) is 0.669. The minimum Gasteiger partial charge on any atom is -0.478 e. The Balaban J connectivity index is 2.46. The van der Waals surface area contributed by atoms with Gasteiger partial charge in [0.15, 0.2) is 0 Å². The topological polar surface area (TPSA) is 78.4 Å². The van der Waals surface area contributed by atoms with Crippen LogP contribution in [-0.2, 0) is 0 Å². The van der Waals surface area contributed by atoms with Crippen LogP contribution in [0.5, 0.6) is 0 Å². The first-order valence-corrected chi connectivity index (χ1v) is 6.93. The van der Waals surface area contributed by atoms with E-state index in [0.717, 1.165) is 19.3 Å². The molecular weight excluding hydrogens is 256 g/mol. The third kappa shape index (κ3) is 5.30. The third-order valence-corrected chi connectivity index (χ3v) is 3.04. The average molecular weight is 278 g/mol. The van der Waals surface area contributed by atoms with Gasteiger partial charge in [0.25, 0.3) is 0 Å². The number of rotatable bonds is 7. The molecule has 0 aliphatic rings. The fourth-order valence-electron chi connectivity index (χ4n) is 1.86. The predicted octanol–water partition coefficient (Wildman–Crippen LogP) is 3.40. The number of unbranched alkanes of at least 4 members (excludes halogenated alkanes) is 3. The number of amides is 2. The smallest absolute Gasteiger partial charge is 0.336 e. The number of anilines is 1. The Bertz CT molecular complexity index is 472. The van der Waals surface area contributed by atoms with Gasteiger partial charge in [-0.1, -0.05) is 32.3 Å². The zero-order chi connectivity index (χ0) is 15.0. The van der Waals surface area contributed by atoms with E-state index in [1.165, 1.54) is 12.5 Å². The Kier molecular flexibility index (Phi) is 6.56. The molecule has 3 N–H and O–H groups in total. The summed E-state index contributed by atoms with van der Waals surface area (Å²) in [5.74, 6) is -0.994. The fourth-order valence-corrected chi connectivity index (χ4v) is 1.86. The molecule has 20 heavy (non-hydrogen) atoms. The van der Waals surface area contributed by atoms with Crippen LogP contribution in [0.1, 0.15) is 48.5 Å². The van der Waals surface area contributed by atoms with Crippen molar-refractivity contribution in [3.8, 4) is 0 Å².